The predicted molar refractivity (Wildman–Crippen MR) is 101 cm³/mol. The van der Waals surface area contributed by atoms with Gasteiger partial charge >= 0.3 is 5.97 Å². The first-order valence-corrected chi connectivity index (χ1v) is 10.9. The van der Waals surface area contributed by atoms with E-state index in [1.54, 1.807) is 14.0 Å². The second-order valence-corrected chi connectivity index (χ2v) is 9.58. The normalized spacial score (nSPS) is 53.7. The molecule has 29 heavy (non-hydrogen) atoms. The lowest BCUT2D eigenvalue weighted by molar-refractivity contribution is -0.263. The molecule has 0 aromatic carbocycles. The van der Waals surface area contributed by atoms with Crippen molar-refractivity contribution in [3.63, 3.8) is 0 Å². The Hall–Kier alpha value is -1.57. The quantitative estimate of drug-likeness (QED) is 0.720. The molecular weight excluding hydrogens is 374 g/mol. The number of carbonyl (C=O) groups is 1. The van der Waals surface area contributed by atoms with E-state index in [4.69, 9.17) is 18.9 Å². The van der Waals surface area contributed by atoms with Crippen LogP contribution in [-0.2, 0) is 23.7 Å². The molecule has 7 heteroatoms. The van der Waals surface area contributed by atoms with Crippen molar-refractivity contribution in [2.45, 2.75) is 76.0 Å². The standard InChI is InChI=1S/C22H29NO6/c1-5-6-7-21-14-8-12-15-10(2)17(18-16(26-4)11(3)20(25)27-18)29-22(15,28-14)19(21)13(24)9-23(12)21/h10,12-15,19,24H,5-9H2,1-4H3/b18-17-/t10-,12+,13+,14-,15+,19+,21+,22+/m0/s1. The van der Waals surface area contributed by atoms with Crippen molar-refractivity contribution in [2.75, 3.05) is 13.7 Å². The zero-order valence-corrected chi connectivity index (χ0v) is 17.4. The van der Waals surface area contributed by atoms with Crippen molar-refractivity contribution < 1.29 is 28.8 Å². The van der Waals surface area contributed by atoms with Crippen molar-refractivity contribution in [3.05, 3.63) is 22.9 Å². The summed E-state index contributed by atoms with van der Waals surface area (Å²) in [5.41, 5.74) is 0.330. The number of piperidine rings is 1. The minimum absolute atomic E-state index is 0.0115. The Labute approximate surface area is 170 Å². The molecule has 9 atom stereocenters. The van der Waals surface area contributed by atoms with Gasteiger partial charge in [0.1, 0.15) is 5.76 Å². The smallest absolute Gasteiger partial charge is 0.343 e. The lowest BCUT2D eigenvalue weighted by atomic mass is 9.69. The van der Waals surface area contributed by atoms with E-state index in [1.165, 1.54) is 0 Å². The number of rotatable bonds is 4. The summed E-state index contributed by atoms with van der Waals surface area (Å²) in [6.45, 7) is 6.74. The van der Waals surface area contributed by atoms with Gasteiger partial charge in [-0.15, -0.1) is 0 Å². The minimum atomic E-state index is -0.836. The van der Waals surface area contributed by atoms with Gasteiger partial charge in [-0.1, -0.05) is 26.7 Å². The molecule has 5 bridgehead atoms. The van der Waals surface area contributed by atoms with Crippen LogP contribution in [0.5, 0.6) is 0 Å². The highest BCUT2D eigenvalue weighted by Crippen LogP contribution is 2.73. The van der Waals surface area contributed by atoms with Gasteiger partial charge in [0.25, 0.3) is 0 Å². The molecule has 158 valence electrons. The Kier molecular flexibility index (Phi) is 3.49. The summed E-state index contributed by atoms with van der Waals surface area (Å²) in [5, 5.41) is 11.1. The fourth-order valence-corrected chi connectivity index (χ4v) is 7.65. The zero-order valence-electron chi connectivity index (χ0n) is 17.4. The van der Waals surface area contributed by atoms with Crippen LogP contribution in [0.3, 0.4) is 0 Å². The monoisotopic (exact) mass is 403 g/mol. The fourth-order valence-electron chi connectivity index (χ4n) is 7.65. The molecule has 5 fully saturated rings. The molecule has 0 aromatic heterocycles. The van der Waals surface area contributed by atoms with E-state index in [1.807, 2.05) is 0 Å². The predicted octanol–water partition coefficient (Wildman–Crippen LogP) is 2.06. The molecule has 7 nitrogen and oxygen atoms in total. The third-order valence-corrected chi connectivity index (χ3v) is 8.52. The summed E-state index contributed by atoms with van der Waals surface area (Å²) in [7, 11) is 1.54. The van der Waals surface area contributed by atoms with Crippen molar-refractivity contribution in [2.24, 2.45) is 17.8 Å². The van der Waals surface area contributed by atoms with Gasteiger partial charge in [0, 0.05) is 18.5 Å². The van der Waals surface area contributed by atoms with Crippen LogP contribution in [0.2, 0.25) is 0 Å². The lowest BCUT2D eigenvalue weighted by Gasteiger charge is -2.48. The highest BCUT2D eigenvalue weighted by molar-refractivity contribution is 5.93. The first kappa shape index (κ1) is 18.2. The van der Waals surface area contributed by atoms with Crippen LogP contribution in [0.1, 0.15) is 46.5 Å². The number of nitrogens with zero attached hydrogens (tertiary/aromatic N) is 1. The minimum Gasteiger partial charge on any atom is -0.492 e. The Bertz CT molecular complexity index is 865. The van der Waals surface area contributed by atoms with Crippen LogP contribution in [0.25, 0.3) is 0 Å². The average molecular weight is 403 g/mol. The number of esters is 1. The van der Waals surface area contributed by atoms with Crippen LogP contribution in [-0.4, -0.2) is 59.2 Å². The average Bonchev–Trinajstić information content (AvgIpc) is 3.37. The van der Waals surface area contributed by atoms with Gasteiger partial charge in [-0.05, 0) is 19.8 Å². The Morgan fingerprint density at radius 2 is 2.17 bits per heavy atom. The van der Waals surface area contributed by atoms with Crippen molar-refractivity contribution in [1.82, 2.24) is 4.90 Å². The van der Waals surface area contributed by atoms with E-state index in [9.17, 15) is 9.90 Å². The fraction of sp³-hybridized carbons (Fsp3) is 0.773. The van der Waals surface area contributed by atoms with Gasteiger partial charge in [0.05, 0.1) is 42.3 Å². The molecule has 0 amide bonds. The number of hydrogen-bond donors (Lipinski definition) is 1. The number of hydrogen-bond acceptors (Lipinski definition) is 7. The SMILES string of the molecule is CCCC[C@@]12[C@@H]3C[C@@H]4[C@H]5[C@H](C)/C(=C6/OC(=O)C(C)=C6OC)O[C@@]5(O3)[C@@H]1[C@H](O)CN42. The molecule has 6 heterocycles. The van der Waals surface area contributed by atoms with Gasteiger partial charge in [-0.25, -0.2) is 4.79 Å². The molecule has 5 saturated heterocycles. The largest absolute Gasteiger partial charge is 0.492 e. The molecular formula is C22H29NO6. The van der Waals surface area contributed by atoms with Crippen LogP contribution >= 0.6 is 0 Å². The summed E-state index contributed by atoms with van der Waals surface area (Å²) in [6.07, 6.45) is 3.88. The maximum Gasteiger partial charge on any atom is 0.343 e. The number of cyclic esters (lactones) is 1. The van der Waals surface area contributed by atoms with Crippen LogP contribution < -0.4 is 0 Å². The first-order chi connectivity index (χ1) is 13.9. The van der Waals surface area contributed by atoms with Gasteiger partial charge in [0.15, 0.2) is 5.76 Å². The molecule has 0 aromatic rings. The number of ether oxygens (including phenoxy) is 4. The van der Waals surface area contributed by atoms with Crippen LogP contribution in [0.4, 0.5) is 0 Å². The van der Waals surface area contributed by atoms with Crippen LogP contribution in [0.15, 0.2) is 22.9 Å². The summed E-state index contributed by atoms with van der Waals surface area (Å²) in [4.78, 5) is 14.7. The number of aliphatic hydroxyl groups excluding tert-OH is 1. The van der Waals surface area contributed by atoms with Gasteiger partial charge in [-0.3, -0.25) is 4.90 Å². The summed E-state index contributed by atoms with van der Waals surface area (Å²) >= 11 is 0. The van der Waals surface area contributed by atoms with E-state index in [0.717, 1.165) is 25.7 Å². The second-order valence-electron chi connectivity index (χ2n) is 9.58. The van der Waals surface area contributed by atoms with Gasteiger partial charge in [0.2, 0.25) is 11.5 Å². The maximum absolute atomic E-state index is 12.2. The number of β-amino-alcohol motifs (C(OH)–C–C–N with tert-alkyl or cyclic N) is 1. The van der Waals surface area contributed by atoms with E-state index >= 15 is 0 Å². The third kappa shape index (κ3) is 1.81. The molecule has 0 saturated carbocycles. The van der Waals surface area contributed by atoms with Crippen molar-refractivity contribution in [1.29, 1.82) is 0 Å². The Morgan fingerprint density at radius 1 is 1.38 bits per heavy atom. The summed E-state index contributed by atoms with van der Waals surface area (Å²) in [6, 6.07) is 0.320. The van der Waals surface area contributed by atoms with Crippen molar-refractivity contribution in [3.8, 4) is 0 Å². The number of carbonyl (C=O) groups excluding carboxylic acids is 1. The topological polar surface area (TPSA) is 77.5 Å². The molecule has 6 aliphatic heterocycles. The molecule has 0 radical (unpaired) electrons. The number of methoxy groups -OCH3 is 1. The van der Waals surface area contributed by atoms with E-state index < -0.39 is 17.9 Å². The summed E-state index contributed by atoms with van der Waals surface area (Å²) < 4.78 is 24.4. The van der Waals surface area contributed by atoms with Crippen molar-refractivity contribution >= 4 is 5.97 Å². The van der Waals surface area contributed by atoms with E-state index in [2.05, 4.69) is 18.7 Å². The summed E-state index contributed by atoms with van der Waals surface area (Å²) in [5.74, 6) is 0.275. The molecule has 1 unspecified atom stereocenters. The number of aliphatic hydroxyl groups is 1. The highest BCUT2D eigenvalue weighted by atomic mass is 16.7. The zero-order chi connectivity index (χ0) is 20.3. The highest BCUT2D eigenvalue weighted by Gasteiger charge is 2.86. The molecule has 0 aliphatic carbocycles. The molecule has 1 spiro atoms. The third-order valence-electron chi connectivity index (χ3n) is 8.52. The number of unbranched alkanes of at least 4 members (excludes halogenated alkanes) is 1. The Morgan fingerprint density at radius 3 is 2.90 bits per heavy atom. The second kappa shape index (κ2) is 5.56. The number of allylic oxidation sites excluding steroid dienone is 1. The Balaban J connectivity index is 1.48. The molecule has 6 aliphatic rings. The number of fused-ring (bicyclic) bond motifs is 1. The molecule has 1 N–H and O–H groups in total. The van der Waals surface area contributed by atoms with Gasteiger partial charge in [-0.2, -0.15) is 0 Å². The van der Waals surface area contributed by atoms with E-state index in [0.29, 0.717) is 35.4 Å². The van der Waals surface area contributed by atoms with Gasteiger partial charge < -0.3 is 24.1 Å². The first-order valence-electron chi connectivity index (χ1n) is 10.9. The van der Waals surface area contributed by atoms with Crippen LogP contribution in [0, 0.1) is 17.8 Å². The maximum atomic E-state index is 12.2. The van der Waals surface area contributed by atoms with E-state index in [-0.39, 0.29) is 29.4 Å². The molecule has 6 rings (SSSR count). The lowest BCUT2D eigenvalue weighted by Crippen LogP contribution is -2.62.